The van der Waals surface area contributed by atoms with Crippen LogP contribution in [0.25, 0.3) is 0 Å². The van der Waals surface area contributed by atoms with Gasteiger partial charge in [0.05, 0.1) is 17.5 Å². The summed E-state index contributed by atoms with van der Waals surface area (Å²) >= 11 is 1.49. The van der Waals surface area contributed by atoms with E-state index in [4.69, 9.17) is 5.73 Å². The second-order valence-electron chi connectivity index (χ2n) is 4.43. The van der Waals surface area contributed by atoms with Crippen molar-refractivity contribution in [2.24, 2.45) is 5.73 Å². The third-order valence-electron chi connectivity index (χ3n) is 2.82. The summed E-state index contributed by atoms with van der Waals surface area (Å²) in [5, 5.41) is 5.55. The molecule has 0 spiro atoms. The first-order valence-corrected chi connectivity index (χ1v) is 7.22. The van der Waals surface area contributed by atoms with Gasteiger partial charge in [0.2, 0.25) is 11.8 Å². The maximum absolute atomic E-state index is 11.8. The number of rotatable bonds is 4. The zero-order valence-electron chi connectivity index (χ0n) is 10.7. The summed E-state index contributed by atoms with van der Waals surface area (Å²) in [7, 11) is 0. The molecule has 0 unspecified atom stereocenters. The van der Waals surface area contributed by atoms with Gasteiger partial charge >= 0.3 is 0 Å². The fraction of sp³-hybridized carbons (Fsp3) is 0.385. The Bertz CT molecular complexity index is 505. The minimum absolute atomic E-state index is 0.0244. The van der Waals surface area contributed by atoms with Crippen molar-refractivity contribution in [1.82, 2.24) is 0 Å². The predicted molar refractivity (Wildman–Crippen MR) is 77.3 cm³/mol. The fourth-order valence-corrected chi connectivity index (χ4v) is 2.63. The molecule has 0 aromatic heterocycles. The molecule has 4 N–H and O–H groups in total. The third-order valence-corrected chi connectivity index (χ3v) is 3.89. The zero-order chi connectivity index (χ0) is 13.8. The Morgan fingerprint density at radius 2 is 2.37 bits per heavy atom. The summed E-state index contributed by atoms with van der Waals surface area (Å²) in [6, 6.07) is 4.97. The van der Waals surface area contributed by atoms with Gasteiger partial charge in [-0.25, -0.2) is 0 Å². The quantitative estimate of drug-likeness (QED) is 0.784. The average Bonchev–Trinajstić information content (AvgIpc) is 2.38. The van der Waals surface area contributed by atoms with Crippen LogP contribution in [0.5, 0.6) is 0 Å². The topological polar surface area (TPSA) is 84.2 Å². The number of hydrogen-bond acceptors (Lipinski definition) is 4. The highest BCUT2D eigenvalue weighted by Gasteiger charge is 2.17. The molecule has 1 aromatic carbocycles. The molecule has 0 radical (unpaired) electrons. The van der Waals surface area contributed by atoms with Gasteiger partial charge in [0.1, 0.15) is 0 Å². The van der Waals surface area contributed by atoms with Gasteiger partial charge in [-0.1, -0.05) is 13.3 Å². The minimum atomic E-state index is -0.495. The van der Waals surface area contributed by atoms with Crippen LogP contribution in [0, 0.1) is 0 Å². The Balaban J connectivity index is 2.08. The number of thioether (sulfide) groups is 1. The molecule has 2 rings (SSSR count). The molecule has 2 amide bonds. The summed E-state index contributed by atoms with van der Waals surface area (Å²) in [4.78, 5) is 24.1. The van der Waals surface area contributed by atoms with E-state index in [1.165, 1.54) is 11.8 Å². The van der Waals surface area contributed by atoms with Crippen molar-refractivity contribution in [3.8, 4) is 0 Å². The van der Waals surface area contributed by atoms with Gasteiger partial charge in [0.25, 0.3) is 0 Å². The molecular weight excluding hydrogens is 262 g/mol. The van der Waals surface area contributed by atoms with Gasteiger partial charge in [-0.05, 0) is 24.6 Å². The molecule has 1 heterocycles. The molecule has 0 saturated heterocycles. The highest BCUT2D eigenvalue weighted by atomic mass is 32.2. The van der Waals surface area contributed by atoms with Gasteiger partial charge in [-0.2, -0.15) is 0 Å². The second kappa shape index (κ2) is 6.08. The van der Waals surface area contributed by atoms with E-state index in [0.29, 0.717) is 17.9 Å². The van der Waals surface area contributed by atoms with E-state index < -0.39 is 6.04 Å². The Kier molecular flexibility index (Phi) is 4.44. The molecule has 0 bridgehead atoms. The number of nitrogens with one attached hydrogen (secondary N) is 2. The van der Waals surface area contributed by atoms with Crippen molar-refractivity contribution < 1.29 is 9.59 Å². The molecule has 1 atom stereocenters. The lowest BCUT2D eigenvalue weighted by Gasteiger charge is -2.18. The lowest BCUT2D eigenvalue weighted by Crippen LogP contribution is -2.35. The maximum atomic E-state index is 11.8. The number of nitrogens with two attached hydrogens (primary N) is 1. The van der Waals surface area contributed by atoms with E-state index in [1.807, 2.05) is 19.1 Å². The Hall–Kier alpha value is -1.53. The normalized spacial score (nSPS) is 15.4. The van der Waals surface area contributed by atoms with Crippen LogP contribution in [0.4, 0.5) is 11.4 Å². The lowest BCUT2D eigenvalue weighted by atomic mass is 10.1. The van der Waals surface area contributed by atoms with Crippen molar-refractivity contribution in [2.75, 3.05) is 16.4 Å². The predicted octanol–water partition coefficient (Wildman–Crippen LogP) is 1.80. The Labute approximate surface area is 116 Å². The van der Waals surface area contributed by atoms with Gasteiger partial charge < -0.3 is 16.4 Å². The van der Waals surface area contributed by atoms with E-state index in [9.17, 15) is 9.59 Å². The minimum Gasteiger partial charge on any atom is -0.325 e. The largest absolute Gasteiger partial charge is 0.325 e. The van der Waals surface area contributed by atoms with Crippen LogP contribution in [0.1, 0.15) is 19.8 Å². The van der Waals surface area contributed by atoms with Gasteiger partial charge in [-0.3, -0.25) is 9.59 Å². The Morgan fingerprint density at radius 1 is 1.58 bits per heavy atom. The number of anilines is 2. The first-order chi connectivity index (χ1) is 9.10. The van der Waals surface area contributed by atoms with E-state index >= 15 is 0 Å². The van der Waals surface area contributed by atoms with E-state index in [1.54, 1.807) is 6.07 Å². The van der Waals surface area contributed by atoms with Crippen molar-refractivity contribution in [3.05, 3.63) is 18.2 Å². The molecule has 6 heteroatoms. The number of fused-ring (bicyclic) bond motifs is 1. The van der Waals surface area contributed by atoms with E-state index in [-0.39, 0.29) is 11.8 Å². The molecule has 0 aliphatic carbocycles. The Morgan fingerprint density at radius 3 is 3.11 bits per heavy atom. The van der Waals surface area contributed by atoms with Crippen molar-refractivity contribution in [3.63, 3.8) is 0 Å². The van der Waals surface area contributed by atoms with Gasteiger partial charge in [0.15, 0.2) is 0 Å². The molecule has 1 aliphatic heterocycles. The molecule has 5 nitrogen and oxygen atoms in total. The van der Waals surface area contributed by atoms with Crippen LogP contribution in [0.2, 0.25) is 0 Å². The summed E-state index contributed by atoms with van der Waals surface area (Å²) in [6.07, 6.45) is 1.52. The molecule has 0 saturated carbocycles. The van der Waals surface area contributed by atoms with Crippen LogP contribution in [0.15, 0.2) is 23.1 Å². The summed E-state index contributed by atoms with van der Waals surface area (Å²) in [6.45, 7) is 1.98. The highest BCUT2D eigenvalue weighted by molar-refractivity contribution is 8.00. The van der Waals surface area contributed by atoms with Crippen LogP contribution >= 0.6 is 11.8 Å². The monoisotopic (exact) mass is 279 g/mol. The summed E-state index contributed by atoms with van der Waals surface area (Å²) < 4.78 is 0. The number of hydrogen-bond donors (Lipinski definition) is 3. The third kappa shape index (κ3) is 3.48. The smallest absolute Gasteiger partial charge is 0.241 e. The van der Waals surface area contributed by atoms with Gasteiger partial charge in [-0.15, -0.1) is 11.8 Å². The molecule has 1 aromatic rings. The van der Waals surface area contributed by atoms with Crippen molar-refractivity contribution in [2.45, 2.75) is 30.7 Å². The second-order valence-corrected chi connectivity index (χ2v) is 5.45. The highest BCUT2D eigenvalue weighted by Crippen LogP contribution is 2.33. The average molecular weight is 279 g/mol. The zero-order valence-corrected chi connectivity index (χ0v) is 11.5. The van der Waals surface area contributed by atoms with Crippen molar-refractivity contribution >= 4 is 35.0 Å². The summed E-state index contributed by atoms with van der Waals surface area (Å²) in [5.41, 5.74) is 7.14. The standard InChI is InChI=1S/C13H17N3O2S/c1-2-3-9(14)13(18)15-8-4-5-11-10(6-8)16-12(17)7-19-11/h4-6,9H,2-3,7,14H2,1H3,(H,15,18)(H,16,17)/t9-/m0/s1. The van der Waals surface area contributed by atoms with Crippen LogP contribution in [-0.4, -0.2) is 23.6 Å². The van der Waals surface area contributed by atoms with E-state index in [2.05, 4.69) is 10.6 Å². The SMILES string of the molecule is CCC[C@H](N)C(=O)Nc1ccc2c(c1)NC(=O)CS2. The molecule has 102 valence electrons. The lowest BCUT2D eigenvalue weighted by molar-refractivity contribution is -0.117. The molecular formula is C13H17N3O2S. The van der Waals surface area contributed by atoms with Crippen LogP contribution in [0.3, 0.4) is 0 Å². The number of carbonyl (C=O) groups is 2. The fourth-order valence-electron chi connectivity index (χ4n) is 1.84. The molecule has 0 fully saturated rings. The first kappa shape index (κ1) is 13.9. The number of benzene rings is 1. The number of amides is 2. The van der Waals surface area contributed by atoms with Crippen LogP contribution < -0.4 is 16.4 Å². The van der Waals surface area contributed by atoms with Crippen LogP contribution in [-0.2, 0) is 9.59 Å². The van der Waals surface area contributed by atoms with E-state index in [0.717, 1.165) is 17.0 Å². The number of carbonyl (C=O) groups excluding carboxylic acids is 2. The van der Waals surface area contributed by atoms with Crippen molar-refractivity contribution in [1.29, 1.82) is 0 Å². The molecule has 1 aliphatic rings. The van der Waals surface area contributed by atoms with Gasteiger partial charge in [0, 0.05) is 10.6 Å². The summed E-state index contributed by atoms with van der Waals surface area (Å²) in [5.74, 6) is 0.209. The maximum Gasteiger partial charge on any atom is 0.241 e. The first-order valence-electron chi connectivity index (χ1n) is 6.23. The molecule has 19 heavy (non-hydrogen) atoms.